The first-order valence-corrected chi connectivity index (χ1v) is 9.84. The van der Waals surface area contributed by atoms with Crippen LogP contribution in [0.1, 0.15) is 6.42 Å². The zero-order valence-corrected chi connectivity index (χ0v) is 17.2. The highest BCUT2D eigenvalue weighted by Gasteiger charge is 2.15. The van der Waals surface area contributed by atoms with Crippen molar-refractivity contribution in [3.8, 4) is 0 Å². The fraction of sp³-hybridized carbons (Fsp3) is 0.190. The third kappa shape index (κ3) is 4.49. The molecule has 4 aromatic rings. The van der Waals surface area contributed by atoms with Crippen LogP contribution in [0.15, 0.2) is 54.9 Å². The summed E-state index contributed by atoms with van der Waals surface area (Å²) in [4.78, 5) is 11.2. The summed E-state index contributed by atoms with van der Waals surface area (Å²) in [6.45, 7) is 1.37. The molecule has 2 aromatic heterocycles. The van der Waals surface area contributed by atoms with E-state index >= 15 is 0 Å². The van der Waals surface area contributed by atoms with Crippen molar-refractivity contribution in [2.24, 2.45) is 5.84 Å². The summed E-state index contributed by atoms with van der Waals surface area (Å²) in [5, 5.41) is 11.4. The third-order valence-corrected chi connectivity index (χ3v) is 4.87. The second-order valence-electron chi connectivity index (χ2n) is 6.92. The van der Waals surface area contributed by atoms with Gasteiger partial charge in [0, 0.05) is 37.5 Å². The molecule has 0 fully saturated rings. The largest absolute Gasteiger partial charge is 0.397 e. The van der Waals surface area contributed by atoms with Gasteiger partial charge in [-0.2, -0.15) is 10.1 Å². The number of aromatic amines is 1. The average molecular weight is 419 g/mol. The van der Waals surface area contributed by atoms with Gasteiger partial charge in [-0.1, -0.05) is 6.07 Å². The average Bonchev–Trinajstić information content (AvgIpc) is 3.28. The molecular weight excluding hydrogens is 394 g/mol. The monoisotopic (exact) mass is 419 g/mol. The summed E-state index contributed by atoms with van der Waals surface area (Å²) >= 11 is 0. The number of H-pyrrole nitrogens is 1. The van der Waals surface area contributed by atoms with E-state index in [0.29, 0.717) is 23.9 Å². The van der Waals surface area contributed by atoms with E-state index in [1.54, 1.807) is 25.4 Å². The summed E-state index contributed by atoms with van der Waals surface area (Å²) in [6.07, 6.45) is 4.38. The Bertz CT molecular complexity index is 1160. The number of anilines is 6. The molecule has 0 aliphatic rings. The molecular formula is C21H25N9O. The second-order valence-corrected chi connectivity index (χ2v) is 6.92. The Morgan fingerprint density at radius 1 is 1.19 bits per heavy atom. The zero-order chi connectivity index (χ0) is 21.6. The lowest BCUT2D eigenvalue weighted by Gasteiger charge is -2.25. The first-order valence-electron chi connectivity index (χ1n) is 9.84. The van der Waals surface area contributed by atoms with Crippen LogP contribution >= 0.6 is 0 Å². The first kappa shape index (κ1) is 20.4. The van der Waals surface area contributed by atoms with Crippen molar-refractivity contribution in [1.29, 1.82) is 0 Å². The molecule has 0 bridgehead atoms. The van der Waals surface area contributed by atoms with E-state index in [4.69, 9.17) is 21.3 Å². The van der Waals surface area contributed by atoms with Gasteiger partial charge in [-0.25, -0.2) is 4.98 Å². The van der Waals surface area contributed by atoms with Crippen LogP contribution in [-0.4, -0.2) is 40.4 Å². The lowest BCUT2D eigenvalue weighted by atomic mass is 10.2. The molecule has 0 aliphatic heterocycles. The number of nitrogens with zero attached hydrogens (tertiary/aromatic N) is 4. The summed E-state index contributed by atoms with van der Waals surface area (Å²) in [7, 11) is 1.70. The van der Waals surface area contributed by atoms with Crippen LogP contribution in [0, 0.1) is 0 Å². The molecule has 4 rings (SSSR count). The van der Waals surface area contributed by atoms with Crippen molar-refractivity contribution in [2.75, 3.05) is 41.6 Å². The molecule has 160 valence electrons. The summed E-state index contributed by atoms with van der Waals surface area (Å²) in [5.74, 6) is 6.74. The molecule has 31 heavy (non-hydrogen) atoms. The molecule has 0 amide bonds. The summed E-state index contributed by atoms with van der Waals surface area (Å²) in [6, 6.07) is 13.3. The molecule has 2 heterocycles. The van der Waals surface area contributed by atoms with Gasteiger partial charge < -0.3 is 26.1 Å². The van der Waals surface area contributed by atoms with Gasteiger partial charge in [0.05, 0.1) is 28.8 Å². The number of rotatable bonds is 9. The number of methoxy groups -OCH3 is 1. The van der Waals surface area contributed by atoms with Crippen molar-refractivity contribution < 1.29 is 4.74 Å². The fourth-order valence-electron chi connectivity index (χ4n) is 3.36. The smallest absolute Gasteiger partial charge is 0.229 e. The Balaban J connectivity index is 1.67. The molecule has 0 aliphatic carbocycles. The number of nitrogens with one attached hydrogen (secondary N) is 3. The molecule has 0 saturated carbocycles. The molecule has 0 saturated heterocycles. The Hall–Kier alpha value is -3.89. The molecule has 0 spiro atoms. The number of fused-ring (bicyclic) bond motifs is 1. The number of nitrogens with two attached hydrogens (primary N) is 2. The Morgan fingerprint density at radius 2 is 2.10 bits per heavy atom. The van der Waals surface area contributed by atoms with Gasteiger partial charge in [0.25, 0.3) is 0 Å². The second kappa shape index (κ2) is 9.28. The third-order valence-electron chi connectivity index (χ3n) is 4.87. The van der Waals surface area contributed by atoms with Crippen LogP contribution < -0.4 is 27.2 Å². The van der Waals surface area contributed by atoms with E-state index in [1.807, 2.05) is 30.5 Å². The summed E-state index contributed by atoms with van der Waals surface area (Å²) in [5.41, 5.74) is 12.4. The van der Waals surface area contributed by atoms with E-state index in [9.17, 15) is 0 Å². The van der Waals surface area contributed by atoms with Crippen molar-refractivity contribution >= 4 is 45.4 Å². The fourth-order valence-corrected chi connectivity index (χ4v) is 3.36. The van der Waals surface area contributed by atoms with E-state index in [-0.39, 0.29) is 0 Å². The predicted molar refractivity (Wildman–Crippen MR) is 124 cm³/mol. The van der Waals surface area contributed by atoms with Crippen LogP contribution in [0.2, 0.25) is 0 Å². The van der Waals surface area contributed by atoms with E-state index in [1.165, 1.54) is 0 Å². The SMILES string of the molecule is COCCCN(c1ccnc(Nc2ccc(N)c(NN)c2)n1)c1cccc2[nH]ncc12. The zero-order valence-electron chi connectivity index (χ0n) is 17.2. The number of hydrazine groups is 1. The van der Waals surface area contributed by atoms with Gasteiger partial charge in [-0.15, -0.1) is 0 Å². The number of hydrogen-bond donors (Lipinski definition) is 5. The number of ether oxygens (including phenoxy) is 1. The highest BCUT2D eigenvalue weighted by atomic mass is 16.5. The lowest BCUT2D eigenvalue weighted by molar-refractivity contribution is 0.196. The van der Waals surface area contributed by atoms with Crippen LogP contribution in [-0.2, 0) is 4.74 Å². The number of hydrogen-bond acceptors (Lipinski definition) is 9. The molecule has 10 heteroatoms. The van der Waals surface area contributed by atoms with Crippen molar-refractivity contribution in [3.05, 3.63) is 54.9 Å². The normalized spacial score (nSPS) is 10.9. The molecule has 0 unspecified atom stereocenters. The van der Waals surface area contributed by atoms with Gasteiger partial charge in [-0.05, 0) is 42.8 Å². The van der Waals surface area contributed by atoms with E-state index in [2.05, 4.69) is 36.9 Å². The molecule has 7 N–H and O–H groups in total. The molecule has 10 nitrogen and oxygen atoms in total. The Morgan fingerprint density at radius 3 is 2.94 bits per heavy atom. The standard InChI is InChI=1S/C21H25N9O/c1-31-11-3-10-30(19-5-2-4-17-15(19)13-25-29-17)20-8-9-24-21(27-20)26-14-6-7-16(22)18(12-14)28-23/h2,4-9,12-13,28H,3,10-11,22-23H2,1H3,(H,25,29)(H,24,26,27). The van der Waals surface area contributed by atoms with Gasteiger partial charge in [0.1, 0.15) is 5.82 Å². The highest BCUT2D eigenvalue weighted by molar-refractivity contribution is 5.93. The lowest BCUT2D eigenvalue weighted by Crippen LogP contribution is -2.21. The van der Waals surface area contributed by atoms with Crippen molar-refractivity contribution in [3.63, 3.8) is 0 Å². The van der Waals surface area contributed by atoms with Gasteiger partial charge in [0.15, 0.2) is 0 Å². The van der Waals surface area contributed by atoms with Crippen LogP contribution in [0.25, 0.3) is 10.9 Å². The van der Waals surface area contributed by atoms with Gasteiger partial charge in [-0.3, -0.25) is 10.9 Å². The van der Waals surface area contributed by atoms with E-state index < -0.39 is 0 Å². The number of nitrogen functional groups attached to an aromatic ring is 2. The number of benzene rings is 2. The van der Waals surface area contributed by atoms with Crippen molar-refractivity contribution in [2.45, 2.75) is 6.42 Å². The van der Waals surface area contributed by atoms with Crippen LogP contribution in [0.3, 0.4) is 0 Å². The Kier molecular flexibility index (Phi) is 6.11. The summed E-state index contributed by atoms with van der Waals surface area (Å²) < 4.78 is 5.25. The minimum atomic E-state index is 0.460. The molecule has 0 atom stereocenters. The minimum absolute atomic E-state index is 0.460. The maximum absolute atomic E-state index is 5.89. The Labute approximate surface area is 179 Å². The van der Waals surface area contributed by atoms with Crippen LogP contribution in [0.4, 0.5) is 34.5 Å². The maximum atomic E-state index is 5.89. The molecule has 2 aromatic carbocycles. The highest BCUT2D eigenvalue weighted by Crippen LogP contribution is 2.31. The van der Waals surface area contributed by atoms with Gasteiger partial charge >= 0.3 is 0 Å². The quantitative estimate of drug-likeness (QED) is 0.120. The predicted octanol–water partition coefficient (Wildman–Crippen LogP) is 3.14. The maximum Gasteiger partial charge on any atom is 0.229 e. The number of aromatic nitrogens is 4. The van der Waals surface area contributed by atoms with Gasteiger partial charge in [0.2, 0.25) is 5.95 Å². The van der Waals surface area contributed by atoms with Crippen molar-refractivity contribution in [1.82, 2.24) is 20.2 Å². The molecule has 0 radical (unpaired) electrons. The minimum Gasteiger partial charge on any atom is -0.397 e. The van der Waals surface area contributed by atoms with E-state index in [0.717, 1.165) is 41.1 Å². The first-order chi connectivity index (χ1) is 15.2. The van der Waals surface area contributed by atoms with Crippen LogP contribution in [0.5, 0.6) is 0 Å². The topological polar surface area (TPSA) is 143 Å².